The summed E-state index contributed by atoms with van der Waals surface area (Å²) in [6.45, 7) is 7.41. The lowest BCUT2D eigenvalue weighted by Gasteiger charge is -2.29. The summed E-state index contributed by atoms with van der Waals surface area (Å²) >= 11 is 0. The van der Waals surface area contributed by atoms with E-state index in [1.807, 2.05) is 0 Å². The van der Waals surface area contributed by atoms with Crippen LogP contribution in [-0.2, 0) is 0 Å². The fourth-order valence-electron chi connectivity index (χ4n) is 2.10. The molecule has 0 amide bonds. The van der Waals surface area contributed by atoms with Crippen LogP contribution in [-0.4, -0.2) is 49.3 Å². The van der Waals surface area contributed by atoms with Crippen molar-refractivity contribution in [3.8, 4) is 0 Å². The Hall–Kier alpha value is -0.120. The maximum absolute atomic E-state index is 3.43. The van der Waals surface area contributed by atoms with Crippen LogP contribution < -0.4 is 5.32 Å². The number of rotatable bonds is 1. The zero-order chi connectivity index (χ0) is 8.23. The Bertz CT molecular complexity index is 124. The largest absolute Gasteiger partial charge is 0.315 e. The highest BCUT2D eigenvalue weighted by atomic mass is 15.6. The van der Waals surface area contributed by atoms with Crippen molar-refractivity contribution in [2.75, 3.05) is 39.3 Å². The third-order valence-corrected chi connectivity index (χ3v) is 2.80. The lowest BCUT2D eigenvalue weighted by molar-refractivity contribution is 0.00334. The topological polar surface area (TPSA) is 18.5 Å². The summed E-state index contributed by atoms with van der Waals surface area (Å²) in [5, 5.41) is 8.50. The van der Waals surface area contributed by atoms with Crippen molar-refractivity contribution in [3.63, 3.8) is 0 Å². The summed E-state index contributed by atoms with van der Waals surface area (Å²) in [5.41, 5.74) is 0. The van der Waals surface area contributed by atoms with E-state index in [1.54, 1.807) is 0 Å². The van der Waals surface area contributed by atoms with Gasteiger partial charge in [-0.2, -0.15) is 0 Å². The molecule has 2 saturated heterocycles. The second-order valence-corrected chi connectivity index (χ2v) is 3.72. The first-order valence-corrected chi connectivity index (χ1v) is 5.17. The average Bonchev–Trinajstić information content (AvgIpc) is 2.48. The lowest BCUT2D eigenvalue weighted by atomic mass is 10.4. The fraction of sp³-hybridized carbons (Fsp3) is 1.00. The van der Waals surface area contributed by atoms with Gasteiger partial charge in [0.25, 0.3) is 0 Å². The summed E-state index contributed by atoms with van der Waals surface area (Å²) in [6.07, 6.45) is 4.09. The van der Waals surface area contributed by atoms with Crippen molar-refractivity contribution >= 4 is 0 Å². The number of nitrogens with zero attached hydrogens (tertiary/aromatic N) is 2. The van der Waals surface area contributed by atoms with E-state index in [2.05, 4.69) is 15.3 Å². The van der Waals surface area contributed by atoms with Gasteiger partial charge in [-0.3, -0.25) is 0 Å². The minimum atomic E-state index is 1.16. The van der Waals surface area contributed by atoms with E-state index >= 15 is 0 Å². The zero-order valence-electron chi connectivity index (χ0n) is 7.76. The minimum Gasteiger partial charge on any atom is -0.315 e. The van der Waals surface area contributed by atoms with Crippen molar-refractivity contribution in [1.29, 1.82) is 0 Å². The first-order chi connectivity index (χ1) is 5.97. The van der Waals surface area contributed by atoms with Crippen LogP contribution in [0.15, 0.2) is 0 Å². The van der Waals surface area contributed by atoms with Gasteiger partial charge in [-0.15, -0.1) is 0 Å². The molecule has 0 atom stereocenters. The number of hydrogen-bond donors (Lipinski definition) is 1. The molecule has 0 bridgehead atoms. The third kappa shape index (κ3) is 1.97. The van der Waals surface area contributed by atoms with Crippen LogP contribution in [0.2, 0.25) is 0 Å². The van der Waals surface area contributed by atoms with E-state index in [4.69, 9.17) is 0 Å². The molecule has 70 valence electrons. The lowest BCUT2D eigenvalue weighted by Crippen LogP contribution is -2.42. The molecule has 2 aliphatic heterocycles. The van der Waals surface area contributed by atoms with Crippen molar-refractivity contribution in [2.45, 2.75) is 19.3 Å². The maximum atomic E-state index is 3.43. The molecule has 12 heavy (non-hydrogen) atoms. The van der Waals surface area contributed by atoms with Crippen LogP contribution in [0.25, 0.3) is 0 Å². The number of hydrogen-bond acceptors (Lipinski definition) is 3. The van der Waals surface area contributed by atoms with Gasteiger partial charge >= 0.3 is 0 Å². The van der Waals surface area contributed by atoms with Crippen LogP contribution in [0, 0.1) is 0 Å². The zero-order valence-corrected chi connectivity index (χ0v) is 7.76. The molecule has 2 aliphatic rings. The molecule has 1 N–H and O–H groups in total. The van der Waals surface area contributed by atoms with Crippen LogP contribution >= 0.6 is 0 Å². The summed E-state index contributed by atoms with van der Waals surface area (Å²) in [6, 6.07) is 0. The molecule has 0 aliphatic carbocycles. The molecule has 0 aromatic rings. The third-order valence-electron chi connectivity index (χ3n) is 2.80. The summed E-state index contributed by atoms with van der Waals surface area (Å²) in [4.78, 5) is 0. The smallest absolute Gasteiger partial charge is 0.0258 e. The molecule has 0 saturated carbocycles. The normalized spacial score (nSPS) is 29.0. The molecule has 3 heteroatoms. The van der Waals surface area contributed by atoms with E-state index < -0.39 is 0 Å². The van der Waals surface area contributed by atoms with Gasteiger partial charge < -0.3 is 5.32 Å². The van der Waals surface area contributed by atoms with Crippen molar-refractivity contribution in [1.82, 2.24) is 15.3 Å². The van der Waals surface area contributed by atoms with Gasteiger partial charge in [0.2, 0.25) is 0 Å². The van der Waals surface area contributed by atoms with Crippen LogP contribution in [0.4, 0.5) is 0 Å². The molecule has 0 unspecified atom stereocenters. The molecular formula is C9H19N3. The van der Waals surface area contributed by atoms with E-state index in [0.29, 0.717) is 0 Å². The van der Waals surface area contributed by atoms with E-state index in [1.165, 1.54) is 52.0 Å². The SMILES string of the molecule is C1CCN(N2CCCNCC2)C1. The monoisotopic (exact) mass is 169 g/mol. The van der Waals surface area contributed by atoms with Crippen LogP contribution in [0.3, 0.4) is 0 Å². The van der Waals surface area contributed by atoms with Gasteiger partial charge in [-0.1, -0.05) is 0 Å². The highest BCUT2D eigenvalue weighted by molar-refractivity contribution is 4.69. The predicted octanol–water partition coefficient (Wildman–Crippen LogP) is 0.293. The van der Waals surface area contributed by atoms with Crippen molar-refractivity contribution < 1.29 is 0 Å². The van der Waals surface area contributed by atoms with Crippen molar-refractivity contribution in [3.05, 3.63) is 0 Å². The molecule has 2 fully saturated rings. The first-order valence-electron chi connectivity index (χ1n) is 5.17. The van der Waals surface area contributed by atoms with Gasteiger partial charge in [-0.05, 0) is 25.8 Å². The Labute approximate surface area is 74.7 Å². The minimum absolute atomic E-state index is 1.16. The van der Waals surface area contributed by atoms with E-state index in [0.717, 1.165) is 6.54 Å². The van der Waals surface area contributed by atoms with Crippen LogP contribution in [0.5, 0.6) is 0 Å². The molecule has 2 heterocycles. The first kappa shape index (κ1) is 8.48. The second-order valence-electron chi connectivity index (χ2n) is 3.72. The fourth-order valence-corrected chi connectivity index (χ4v) is 2.10. The average molecular weight is 169 g/mol. The predicted molar refractivity (Wildman–Crippen MR) is 49.9 cm³/mol. The van der Waals surface area contributed by atoms with E-state index in [-0.39, 0.29) is 0 Å². The summed E-state index contributed by atoms with van der Waals surface area (Å²) < 4.78 is 0. The van der Waals surface area contributed by atoms with Crippen LogP contribution in [0.1, 0.15) is 19.3 Å². The van der Waals surface area contributed by atoms with Gasteiger partial charge in [0.05, 0.1) is 0 Å². The standard InChI is InChI=1S/C9H19N3/c1-2-7-11(6-1)12-8-3-4-10-5-9-12/h10H,1-9H2. The van der Waals surface area contributed by atoms with Gasteiger partial charge in [0, 0.05) is 32.7 Å². The highest BCUT2D eigenvalue weighted by Crippen LogP contribution is 2.11. The molecule has 0 aromatic heterocycles. The Balaban J connectivity index is 1.83. The van der Waals surface area contributed by atoms with E-state index in [9.17, 15) is 0 Å². The Kier molecular flexibility index (Phi) is 2.98. The Morgan fingerprint density at radius 1 is 0.667 bits per heavy atom. The second kappa shape index (κ2) is 4.21. The molecule has 0 spiro atoms. The number of hydrazine groups is 1. The highest BCUT2D eigenvalue weighted by Gasteiger charge is 2.19. The maximum Gasteiger partial charge on any atom is 0.0258 e. The molecule has 3 nitrogen and oxygen atoms in total. The van der Waals surface area contributed by atoms with Gasteiger partial charge in [0.15, 0.2) is 0 Å². The van der Waals surface area contributed by atoms with Gasteiger partial charge in [0.1, 0.15) is 0 Å². The number of nitrogens with one attached hydrogen (secondary N) is 1. The summed E-state index contributed by atoms with van der Waals surface area (Å²) in [5.74, 6) is 0. The molecule has 0 radical (unpaired) electrons. The summed E-state index contributed by atoms with van der Waals surface area (Å²) in [7, 11) is 0. The Morgan fingerprint density at radius 2 is 1.33 bits per heavy atom. The van der Waals surface area contributed by atoms with Crippen molar-refractivity contribution in [2.24, 2.45) is 0 Å². The Morgan fingerprint density at radius 3 is 2.17 bits per heavy atom. The molecular weight excluding hydrogens is 150 g/mol. The molecule has 0 aromatic carbocycles. The van der Waals surface area contributed by atoms with Gasteiger partial charge in [-0.25, -0.2) is 10.0 Å². The quantitative estimate of drug-likeness (QED) is 0.609. The molecule has 2 rings (SSSR count).